The van der Waals surface area contributed by atoms with E-state index in [2.05, 4.69) is 5.32 Å². The summed E-state index contributed by atoms with van der Waals surface area (Å²) in [6.45, 7) is 0.717. The number of hydrogen-bond acceptors (Lipinski definition) is 4. The molecule has 1 aliphatic carbocycles. The second-order valence-electron chi connectivity index (χ2n) is 5.56. The van der Waals surface area contributed by atoms with Gasteiger partial charge in [-0.3, -0.25) is 4.79 Å². The van der Waals surface area contributed by atoms with Crippen molar-refractivity contribution in [2.45, 2.75) is 37.1 Å². The van der Waals surface area contributed by atoms with Crippen molar-refractivity contribution in [1.29, 1.82) is 0 Å². The van der Waals surface area contributed by atoms with Crippen LogP contribution in [0, 0.1) is 5.41 Å². The fourth-order valence-electron chi connectivity index (χ4n) is 2.74. The van der Waals surface area contributed by atoms with E-state index in [0.29, 0.717) is 13.1 Å². The van der Waals surface area contributed by atoms with Crippen molar-refractivity contribution in [2.24, 2.45) is 16.3 Å². The Morgan fingerprint density at radius 1 is 1.19 bits per heavy atom. The molecule has 5 N–H and O–H groups in total. The lowest BCUT2D eigenvalue weighted by Crippen LogP contribution is -2.43. The number of sulfonamides is 1. The molecule has 0 heterocycles. The largest absolute Gasteiger partial charge is 0.352 e. The van der Waals surface area contributed by atoms with Crippen molar-refractivity contribution in [3.63, 3.8) is 0 Å². The third kappa shape index (κ3) is 3.61. The van der Waals surface area contributed by atoms with E-state index in [4.69, 9.17) is 10.9 Å². The van der Waals surface area contributed by atoms with Crippen molar-refractivity contribution in [2.75, 3.05) is 6.54 Å². The van der Waals surface area contributed by atoms with E-state index in [1.807, 2.05) is 0 Å². The molecule has 0 atom stereocenters. The van der Waals surface area contributed by atoms with Crippen molar-refractivity contribution in [3.05, 3.63) is 29.8 Å². The van der Waals surface area contributed by atoms with Crippen molar-refractivity contribution in [1.82, 2.24) is 5.32 Å². The highest BCUT2D eigenvalue weighted by atomic mass is 32.2. The van der Waals surface area contributed by atoms with E-state index in [-0.39, 0.29) is 10.8 Å². The van der Waals surface area contributed by atoms with Gasteiger partial charge in [-0.15, -0.1) is 0 Å². The minimum Gasteiger partial charge on any atom is -0.352 e. The number of benzene rings is 1. The fraction of sp³-hybridized carbons (Fsp3) is 0.500. The summed E-state index contributed by atoms with van der Waals surface area (Å²) in [5, 5.41) is 7.93. The Kier molecular flexibility index (Phi) is 4.65. The van der Waals surface area contributed by atoms with E-state index in [1.54, 1.807) is 12.1 Å². The molecule has 1 saturated carbocycles. The molecule has 7 heteroatoms. The maximum absolute atomic E-state index is 12.3. The first-order chi connectivity index (χ1) is 9.87. The molecule has 6 nitrogen and oxygen atoms in total. The average molecular weight is 311 g/mol. The summed E-state index contributed by atoms with van der Waals surface area (Å²) in [4.78, 5) is 12.4. The van der Waals surface area contributed by atoms with E-state index in [0.717, 1.165) is 31.2 Å². The first kappa shape index (κ1) is 15.9. The number of rotatable bonds is 5. The third-order valence-electron chi connectivity index (χ3n) is 4.14. The molecule has 1 aromatic rings. The van der Waals surface area contributed by atoms with Gasteiger partial charge in [0.2, 0.25) is 15.9 Å². The second kappa shape index (κ2) is 6.13. The number of carbonyl (C=O) groups excluding carboxylic acids is 1. The van der Waals surface area contributed by atoms with Gasteiger partial charge in [0.25, 0.3) is 0 Å². The van der Waals surface area contributed by atoms with Crippen LogP contribution >= 0.6 is 0 Å². The summed E-state index contributed by atoms with van der Waals surface area (Å²) < 4.78 is 22.3. The van der Waals surface area contributed by atoms with Crippen molar-refractivity contribution in [3.8, 4) is 0 Å². The number of primary sulfonamides is 1. The molecule has 116 valence electrons. The van der Waals surface area contributed by atoms with E-state index < -0.39 is 15.4 Å². The predicted molar refractivity (Wildman–Crippen MR) is 79.6 cm³/mol. The Hall–Kier alpha value is -1.44. The molecular weight excluding hydrogens is 290 g/mol. The zero-order valence-corrected chi connectivity index (χ0v) is 12.7. The maximum atomic E-state index is 12.3. The molecular formula is C14H21N3O3S. The number of nitrogens with one attached hydrogen (secondary N) is 1. The summed E-state index contributed by atoms with van der Waals surface area (Å²) in [6, 6.07) is 6.16. The number of hydrogen-bond donors (Lipinski definition) is 3. The molecule has 1 aromatic carbocycles. The zero-order valence-electron chi connectivity index (χ0n) is 11.8. The van der Waals surface area contributed by atoms with Gasteiger partial charge in [-0.2, -0.15) is 0 Å². The molecule has 0 spiro atoms. The van der Waals surface area contributed by atoms with Crippen LogP contribution in [0.25, 0.3) is 0 Å². The van der Waals surface area contributed by atoms with Gasteiger partial charge in [-0.25, -0.2) is 13.6 Å². The normalized spacial score (nSPS) is 17.6. The van der Waals surface area contributed by atoms with Crippen molar-refractivity contribution < 1.29 is 13.2 Å². The Balaban J connectivity index is 1.98. The number of carbonyl (C=O) groups is 1. The van der Waals surface area contributed by atoms with Gasteiger partial charge in [-0.05, 0) is 30.5 Å². The van der Waals surface area contributed by atoms with Crippen LogP contribution in [0.3, 0.4) is 0 Å². The third-order valence-corrected chi connectivity index (χ3v) is 5.07. The molecule has 0 saturated heterocycles. The molecule has 1 aliphatic rings. The Bertz CT molecular complexity index is 605. The minimum atomic E-state index is -3.68. The number of nitrogens with two attached hydrogens (primary N) is 2. The first-order valence-corrected chi connectivity index (χ1v) is 8.52. The second-order valence-corrected chi connectivity index (χ2v) is 7.12. The average Bonchev–Trinajstić information content (AvgIpc) is 2.94. The molecule has 0 radical (unpaired) electrons. The lowest BCUT2D eigenvalue weighted by molar-refractivity contribution is -0.130. The Morgan fingerprint density at radius 3 is 2.24 bits per heavy atom. The van der Waals surface area contributed by atoms with Crippen LogP contribution in [0.2, 0.25) is 0 Å². The first-order valence-electron chi connectivity index (χ1n) is 6.97. The van der Waals surface area contributed by atoms with Gasteiger partial charge >= 0.3 is 0 Å². The van der Waals surface area contributed by atoms with Crippen LogP contribution in [0.1, 0.15) is 31.2 Å². The van der Waals surface area contributed by atoms with E-state index >= 15 is 0 Å². The SMILES string of the molecule is NCC1(C(=O)NCc2ccc(S(N)(=O)=O)cc2)CCCC1. The van der Waals surface area contributed by atoms with E-state index in [9.17, 15) is 13.2 Å². The van der Waals surface area contributed by atoms with Gasteiger partial charge in [0.1, 0.15) is 0 Å². The van der Waals surface area contributed by atoms with E-state index in [1.165, 1.54) is 12.1 Å². The highest BCUT2D eigenvalue weighted by molar-refractivity contribution is 7.89. The van der Waals surface area contributed by atoms with Crippen LogP contribution < -0.4 is 16.2 Å². The van der Waals surface area contributed by atoms with Gasteiger partial charge in [-0.1, -0.05) is 25.0 Å². The van der Waals surface area contributed by atoms with Gasteiger partial charge in [0.15, 0.2) is 0 Å². The quantitative estimate of drug-likeness (QED) is 0.733. The lowest BCUT2D eigenvalue weighted by atomic mass is 9.85. The van der Waals surface area contributed by atoms with Crippen LogP contribution in [0.4, 0.5) is 0 Å². The summed E-state index contributed by atoms with van der Waals surface area (Å²) in [5.41, 5.74) is 6.16. The molecule has 2 rings (SSSR count). The maximum Gasteiger partial charge on any atom is 0.238 e. The summed E-state index contributed by atoms with van der Waals surface area (Å²) >= 11 is 0. The Labute approximate surface area is 124 Å². The standard InChI is InChI=1S/C14H21N3O3S/c15-10-14(7-1-2-8-14)13(18)17-9-11-3-5-12(6-4-11)21(16,19)20/h3-6H,1-2,7-10,15H2,(H,17,18)(H2,16,19,20). The summed E-state index contributed by atoms with van der Waals surface area (Å²) in [5.74, 6) is -0.0157. The minimum absolute atomic E-state index is 0.0157. The highest BCUT2D eigenvalue weighted by Gasteiger charge is 2.39. The summed E-state index contributed by atoms with van der Waals surface area (Å²) in [7, 11) is -3.68. The summed E-state index contributed by atoms with van der Waals surface area (Å²) in [6.07, 6.45) is 3.74. The molecule has 21 heavy (non-hydrogen) atoms. The van der Waals surface area contributed by atoms with Gasteiger partial charge in [0.05, 0.1) is 10.3 Å². The molecule has 0 aromatic heterocycles. The van der Waals surface area contributed by atoms with Crippen LogP contribution in [0.5, 0.6) is 0 Å². The highest BCUT2D eigenvalue weighted by Crippen LogP contribution is 2.37. The monoisotopic (exact) mass is 311 g/mol. The van der Waals surface area contributed by atoms with Crippen LogP contribution in [0.15, 0.2) is 29.2 Å². The molecule has 0 unspecified atom stereocenters. The fourth-order valence-corrected chi connectivity index (χ4v) is 3.26. The van der Waals surface area contributed by atoms with Gasteiger partial charge in [0, 0.05) is 13.1 Å². The smallest absolute Gasteiger partial charge is 0.238 e. The lowest BCUT2D eigenvalue weighted by Gasteiger charge is -2.25. The Morgan fingerprint density at radius 2 is 1.76 bits per heavy atom. The predicted octanol–water partition coefficient (Wildman–Crippen LogP) is 0.469. The molecule has 0 aliphatic heterocycles. The van der Waals surface area contributed by atoms with Crippen LogP contribution in [-0.4, -0.2) is 20.9 Å². The van der Waals surface area contributed by atoms with Gasteiger partial charge < -0.3 is 11.1 Å². The topological polar surface area (TPSA) is 115 Å². The zero-order chi connectivity index (χ0) is 15.5. The molecule has 0 bridgehead atoms. The molecule has 1 amide bonds. The number of amides is 1. The van der Waals surface area contributed by atoms with Crippen molar-refractivity contribution >= 4 is 15.9 Å². The van der Waals surface area contributed by atoms with Crippen LogP contribution in [-0.2, 0) is 21.4 Å². The molecule has 1 fully saturated rings.